The lowest BCUT2D eigenvalue weighted by molar-refractivity contribution is -0.137. The van der Waals surface area contributed by atoms with Crippen molar-refractivity contribution < 1.29 is 27.6 Å². The third-order valence-corrected chi connectivity index (χ3v) is 13.6. The SMILES string of the molecule is Cc1ccc(N2C(=O)C3C4CC(C3C2=O)C2C(c3cccs3)c3sc(=O)n(CC(=O)Nc5cccc(C(F)(F)F)c5)c3SC42)cc1. The van der Waals surface area contributed by atoms with Gasteiger partial charge < -0.3 is 5.32 Å². The van der Waals surface area contributed by atoms with Crippen LogP contribution in [0.15, 0.2) is 75.9 Å². The van der Waals surface area contributed by atoms with Crippen LogP contribution in [-0.2, 0) is 27.1 Å². The number of benzene rings is 2. The van der Waals surface area contributed by atoms with Crippen LogP contribution < -0.4 is 15.1 Å². The lowest BCUT2D eigenvalue weighted by Crippen LogP contribution is -2.43. The van der Waals surface area contributed by atoms with Crippen molar-refractivity contribution in [1.29, 1.82) is 0 Å². The van der Waals surface area contributed by atoms with E-state index in [9.17, 15) is 32.3 Å². The Labute approximate surface area is 273 Å². The number of amides is 3. The summed E-state index contributed by atoms with van der Waals surface area (Å²) < 4.78 is 41.1. The van der Waals surface area contributed by atoms with Gasteiger partial charge in [0.15, 0.2) is 0 Å². The Kier molecular flexibility index (Phi) is 6.89. The van der Waals surface area contributed by atoms with Crippen molar-refractivity contribution in [2.75, 3.05) is 10.2 Å². The Bertz CT molecular complexity index is 1950. The average Bonchev–Trinajstić information content (AvgIpc) is 3.83. The number of rotatable bonds is 5. The maximum absolute atomic E-state index is 13.9. The predicted molar refractivity (Wildman–Crippen MR) is 170 cm³/mol. The van der Waals surface area contributed by atoms with Crippen molar-refractivity contribution in [2.24, 2.45) is 29.6 Å². The first-order valence-electron chi connectivity index (χ1n) is 14.9. The van der Waals surface area contributed by atoms with Crippen LogP contribution in [0.4, 0.5) is 24.5 Å². The van der Waals surface area contributed by atoms with Crippen molar-refractivity contribution in [2.45, 2.75) is 42.3 Å². The molecule has 4 heterocycles. The molecule has 46 heavy (non-hydrogen) atoms. The molecule has 7 atom stereocenters. The standard InChI is InChI=1S/C33H26F3N3O4S3/c1-15-7-9-18(10-8-15)39-29(41)24-19-13-20(25(24)30(39)42)27-23(19)26(21-6-3-11-44-21)28-31(45-27)38(32(43)46-28)14-22(40)37-17-5-2-4-16(12-17)33(34,35)36/h2-12,19-20,23-27H,13-14H2,1H3,(H,37,40). The number of carbonyl (C=O) groups excluding carboxylic acids is 3. The fourth-order valence-electron chi connectivity index (χ4n) is 8.11. The summed E-state index contributed by atoms with van der Waals surface area (Å²) >= 11 is 4.17. The summed E-state index contributed by atoms with van der Waals surface area (Å²) in [4.78, 5) is 57.3. The molecule has 2 aliphatic heterocycles. The fraction of sp³-hybridized carbons (Fsp3) is 0.333. The molecular weight excluding hydrogens is 656 g/mol. The van der Waals surface area contributed by atoms with Gasteiger partial charge in [-0.1, -0.05) is 41.2 Å². The second kappa shape index (κ2) is 10.7. The number of carbonyl (C=O) groups is 3. The summed E-state index contributed by atoms with van der Waals surface area (Å²) in [5, 5.41) is 5.10. The summed E-state index contributed by atoms with van der Waals surface area (Å²) in [7, 11) is 0. The summed E-state index contributed by atoms with van der Waals surface area (Å²) in [6.45, 7) is 1.59. The molecule has 4 aromatic rings. The van der Waals surface area contributed by atoms with Crippen molar-refractivity contribution in [1.82, 2.24) is 4.57 Å². The van der Waals surface area contributed by atoms with E-state index in [4.69, 9.17) is 0 Å². The van der Waals surface area contributed by atoms with E-state index < -0.39 is 29.5 Å². The molecule has 13 heteroatoms. The number of anilines is 2. The van der Waals surface area contributed by atoms with Gasteiger partial charge in [-0.3, -0.25) is 28.6 Å². The van der Waals surface area contributed by atoms with Gasteiger partial charge in [0.2, 0.25) is 17.7 Å². The van der Waals surface area contributed by atoms with Crippen molar-refractivity contribution >= 4 is 63.5 Å². The highest BCUT2D eigenvalue weighted by molar-refractivity contribution is 8.00. The van der Waals surface area contributed by atoms with Crippen LogP contribution in [0.5, 0.6) is 0 Å². The number of fused-ring (bicyclic) bond motifs is 9. The smallest absolute Gasteiger partial charge is 0.325 e. The number of hydrogen-bond donors (Lipinski definition) is 1. The van der Waals surface area contributed by atoms with Crippen molar-refractivity contribution in [3.8, 4) is 0 Å². The third kappa shape index (κ3) is 4.53. The zero-order valence-corrected chi connectivity index (χ0v) is 26.6. The van der Waals surface area contributed by atoms with E-state index in [1.165, 1.54) is 33.4 Å². The Morgan fingerprint density at radius 3 is 2.41 bits per heavy atom. The first-order valence-corrected chi connectivity index (χ1v) is 17.4. The van der Waals surface area contributed by atoms with Gasteiger partial charge in [0.05, 0.1) is 28.1 Å². The highest BCUT2D eigenvalue weighted by atomic mass is 32.2. The molecule has 3 amide bonds. The third-order valence-electron chi connectivity index (χ3n) is 9.87. The molecule has 0 radical (unpaired) electrons. The molecule has 2 aromatic heterocycles. The number of nitrogens with zero attached hydrogens (tertiary/aromatic N) is 2. The zero-order valence-electron chi connectivity index (χ0n) is 24.2. The van der Waals surface area contributed by atoms with Gasteiger partial charge in [-0.15, -0.1) is 23.1 Å². The van der Waals surface area contributed by atoms with E-state index >= 15 is 0 Å². The molecule has 2 aliphatic carbocycles. The van der Waals surface area contributed by atoms with Gasteiger partial charge in [-0.05, 0) is 72.9 Å². The molecule has 1 saturated heterocycles. The maximum atomic E-state index is 13.9. The number of imide groups is 1. The quantitative estimate of drug-likeness (QED) is 0.240. The van der Waals surface area contributed by atoms with Crippen LogP contribution >= 0.6 is 34.4 Å². The number of aryl methyl sites for hydroxylation is 1. The van der Waals surface area contributed by atoms with E-state index in [1.54, 1.807) is 11.3 Å². The molecule has 0 spiro atoms. The minimum Gasteiger partial charge on any atom is -0.325 e. The highest BCUT2D eigenvalue weighted by Crippen LogP contribution is 2.69. The monoisotopic (exact) mass is 681 g/mol. The maximum Gasteiger partial charge on any atom is 0.416 e. The Hall–Kier alpha value is -3.68. The topological polar surface area (TPSA) is 88.5 Å². The zero-order chi connectivity index (χ0) is 32.1. The number of aromatic nitrogens is 1. The van der Waals surface area contributed by atoms with Gasteiger partial charge >= 0.3 is 11.0 Å². The second-order valence-electron chi connectivity index (χ2n) is 12.4. The van der Waals surface area contributed by atoms with Gasteiger partial charge in [-0.2, -0.15) is 13.2 Å². The van der Waals surface area contributed by atoms with Gasteiger partial charge in [0.25, 0.3) is 0 Å². The number of thiazole rings is 1. The van der Waals surface area contributed by atoms with Crippen LogP contribution in [-0.4, -0.2) is 27.5 Å². The first-order chi connectivity index (χ1) is 22.0. The Morgan fingerprint density at radius 1 is 0.978 bits per heavy atom. The van der Waals surface area contributed by atoms with E-state index in [0.717, 1.165) is 45.2 Å². The van der Waals surface area contributed by atoms with Crippen LogP contribution in [0.25, 0.3) is 0 Å². The molecule has 7 unspecified atom stereocenters. The Balaban J connectivity index is 1.13. The van der Waals surface area contributed by atoms with Gasteiger partial charge in [0, 0.05) is 26.6 Å². The van der Waals surface area contributed by atoms with E-state index in [1.807, 2.05) is 48.7 Å². The molecule has 2 aromatic carbocycles. The van der Waals surface area contributed by atoms with Gasteiger partial charge in [0.1, 0.15) is 6.54 Å². The normalized spacial score (nSPS) is 27.9. The molecule has 2 bridgehead atoms. The molecule has 236 valence electrons. The number of thioether (sulfide) groups is 1. The summed E-state index contributed by atoms with van der Waals surface area (Å²) in [5.41, 5.74) is 0.721. The van der Waals surface area contributed by atoms with Gasteiger partial charge in [-0.25, -0.2) is 0 Å². The van der Waals surface area contributed by atoms with E-state index in [-0.39, 0.29) is 57.8 Å². The highest BCUT2D eigenvalue weighted by Gasteiger charge is 2.70. The van der Waals surface area contributed by atoms with Crippen LogP contribution in [0.1, 0.15) is 33.2 Å². The summed E-state index contributed by atoms with van der Waals surface area (Å²) in [5.74, 6) is -2.04. The molecule has 7 nitrogen and oxygen atoms in total. The number of nitrogens with one attached hydrogen (secondary N) is 1. The molecule has 4 aliphatic rings. The fourth-order valence-corrected chi connectivity index (χ4v) is 12.2. The predicted octanol–water partition coefficient (Wildman–Crippen LogP) is 6.62. The number of alkyl halides is 3. The van der Waals surface area contributed by atoms with E-state index in [0.29, 0.717) is 10.7 Å². The van der Waals surface area contributed by atoms with Crippen molar-refractivity contribution in [3.63, 3.8) is 0 Å². The number of hydrogen-bond acceptors (Lipinski definition) is 7. The minimum absolute atomic E-state index is 0.0113. The largest absolute Gasteiger partial charge is 0.416 e. The second-order valence-corrected chi connectivity index (χ2v) is 15.5. The Morgan fingerprint density at radius 2 is 1.72 bits per heavy atom. The lowest BCUT2D eigenvalue weighted by Gasteiger charge is -2.42. The number of halogens is 3. The van der Waals surface area contributed by atoms with Crippen molar-refractivity contribution in [3.05, 3.63) is 96.6 Å². The summed E-state index contributed by atoms with van der Waals surface area (Å²) in [6, 6.07) is 15.8. The minimum atomic E-state index is -4.56. The molecule has 1 N–H and O–H groups in total. The molecular formula is C33H26F3N3O4S3. The lowest BCUT2D eigenvalue weighted by atomic mass is 9.69. The van der Waals surface area contributed by atoms with Crippen LogP contribution in [0.2, 0.25) is 0 Å². The number of thiophene rings is 1. The van der Waals surface area contributed by atoms with Crippen LogP contribution in [0.3, 0.4) is 0 Å². The van der Waals surface area contributed by atoms with E-state index in [2.05, 4.69) is 5.32 Å². The molecule has 3 fully saturated rings. The molecule has 8 rings (SSSR count). The van der Waals surface area contributed by atoms with Crippen LogP contribution in [0, 0.1) is 36.5 Å². The molecule has 2 saturated carbocycles. The average molecular weight is 682 g/mol. The first kappa shape index (κ1) is 29.7. The summed E-state index contributed by atoms with van der Waals surface area (Å²) in [6.07, 6.45) is -3.82.